The monoisotopic (exact) mass is 435 g/mol. The molecule has 5 rings (SSSR count). The van der Waals surface area contributed by atoms with Crippen LogP contribution in [0.5, 0.6) is 0 Å². The molecule has 4 aromatic rings. The summed E-state index contributed by atoms with van der Waals surface area (Å²) in [5, 5.41) is 14.2. The molecule has 8 nitrogen and oxygen atoms in total. The smallest absolute Gasteiger partial charge is 0.275 e. The van der Waals surface area contributed by atoms with Gasteiger partial charge >= 0.3 is 0 Å². The largest absolute Gasteiger partial charge is 0.367 e. The van der Waals surface area contributed by atoms with Gasteiger partial charge in [0.2, 0.25) is 5.13 Å². The van der Waals surface area contributed by atoms with Crippen LogP contribution < -0.4 is 15.5 Å². The topological polar surface area (TPSA) is 88.0 Å². The van der Waals surface area contributed by atoms with E-state index >= 15 is 0 Å². The van der Waals surface area contributed by atoms with Crippen molar-refractivity contribution in [2.75, 3.05) is 36.4 Å². The van der Waals surface area contributed by atoms with Crippen LogP contribution in [-0.4, -0.2) is 51.8 Å². The van der Waals surface area contributed by atoms with Crippen molar-refractivity contribution in [2.24, 2.45) is 0 Å². The van der Waals surface area contributed by atoms with E-state index in [9.17, 15) is 4.79 Å². The minimum atomic E-state index is -0.256. The van der Waals surface area contributed by atoms with E-state index in [-0.39, 0.29) is 5.91 Å². The van der Waals surface area contributed by atoms with Crippen molar-refractivity contribution in [3.8, 4) is 5.13 Å². The summed E-state index contributed by atoms with van der Waals surface area (Å²) >= 11 is 1.39. The molecule has 1 aliphatic heterocycles. The van der Waals surface area contributed by atoms with E-state index < -0.39 is 0 Å². The molecular formula is C22H25N7OS. The number of amides is 1. The molecule has 0 spiro atoms. The van der Waals surface area contributed by atoms with E-state index in [1.165, 1.54) is 11.3 Å². The second-order valence-corrected chi connectivity index (χ2v) is 7.55. The highest BCUT2D eigenvalue weighted by Gasteiger charge is 2.18. The van der Waals surface area contributed by atoms with Gasteiger partial charge in [-0.25, -0.2) is 9.67 Å². The maximum atomic E-state index is 12.8. The van der Waals surface area contributed by atoms with Gasteiger partial charge in [-0.1, -0.05) is 32.0 Å². The van der Waals surface area contributed by atoms with Crippen molar-refractivity contribution in [1.29, 1.82) is 0 Å². The zero-order valence-corrected chi connectivity index (χ0v) is 18.4. The van der Waals surface area contributed by atoms with Gasteiger partial charge in [0.1, 0.15) is 5.69 Å². The van der Waals surface area contributed by atoms with Crippen LogP contribution in [-0.2, 0) is 0 Å². The molecule has 2 N–H and O–H groups in total. The Morgan fingerprint density at radius 2 is 1.94 bits per heavy atom. The number of anilines is 2. The highest BCUT2D eigenvalue weighted by atomic mass is 32.1. The van der Waals surface area contributed by atoms with Gasteiger partial charge in [-0.2, -0.15) is 5.10 Å². The molecule has 3 aromatic heterocycles. The minimum Gasteiger partial charge on any atom is -0.367 e. The number of carbonyl (C=O) groups is 1. The Balaban J connectivity index is 0.00000112. The first-order valence-corrected chi connectivity index (χ1v) is 11.3. The average Bonchev–Trinajstić information content (AvgIpc) is 3.49. The minimum absolute atomic E-state index is 0.256. The molecule has 1 aromatic carbocycles. The molecule has 31 heavy (non-hydrogen) atoms. The van der Waals surface area contributed by atoms with Crippen molar-refractivity contribution in [1.82, 2.24) is 25.1 Å². The highest BCUT2D eigenvalue weighted by Crippen LogP contribution is 2.26. The van der Waals surface area contributed by atoms with Crippen LogP contribution in [0, 0.1) is 0 Å². The van der Waals surface area contributed by atoms with E-state index in [1.807, 2.05) is 44.2 Å². The normalized spacial score (nSPS) is 13.5. The van der Waals surface area contributed by atoms with E-state index in [0.717, 1.165) is 42.8 Å². The van der Waals surface area contributed by atoms with Crippen LogP contribution in [0.3, 0.4) is 0 Å². The second kappa shape index (κ2) is 9.67. The van der Waals surface area contributed by atoms with Crippen molar-refractivity contribution < 1.29 is 4.79 Å². The zero-order valence-electron chi connectivity index (χ0n) is 17.6. The van der Waals surface area contributed by atoms with Crippen LogP contribution in [0.2, 0.25) is 0 Å². The summed E-state index contributed by atoms with van der Waals surface area (Å²) < 4.78 is 1.76. The number of thiazole rings is 1. The van der Waals surface area contributed by atoms with Gasteiger partial charge in [-0.05, 0) is 12.1 Å². The zero-order chi connectivity index (χ0) is 21.6. The number of hydrogen-bond donors (Lipinski definition) is 2. The lowest BCUT2D eigenvalue weighted by Crippen LogP contribution is -2.43. The number of benzene rings is 1. The number of nitrogens with one attached hydrogen (secondary N) is 2. The predicted molar refractivity (Wildman–Crippen MR) is 125 cm³/mol. The number of nitrogens with zero attached hydrogens (tertiary/aromatic N) is 5. The predicted octanol–water partition coefficient (Wildman–Crippen LogP) is 3.57. The van der Waals surface area contributed by atoms with Gasteiger partial charge < -0.3 is 15.5 Å². The molecule has 1 aliphatic rings. The highest BCUT2D eigenvalue weighted by molar-refractivity contribution is 7.12. The van der Waals surface area contributed by atoms with Crippen molar-refractivity contribution >= 4 is 39.5 Å². The fourth-order valence-corrected chi connectivity index (χ4v) is 4.21. The SMILES string of the molecule is CC.O=C(Nc1cnccc1N1CCNCC1)c1csc(-n2ncc3ccccc32)n1. The number of para-hydroxylation sites is 1. The Bertz CT molecular complexity index is 1160. The van der Waals surface area contributed by atoms with Crippen LogP contribution in [0.4, 0.5) is 11.4 Å². The van der Waals surface area contributed by atoms with Crippen molar-refractivity contribution in [3.05, 3.63) is 60.0 Å². The summed E-state index contributed by atoms with van der Waals surface area (Å²) in [7, 11) is 0. The third-order valence-electron chi connectivity index (χ3n) is 4.89. The van der Waals surface area contributed by atoms with Gasteiger partial charge in [0.25, 0.3) is 5.91 Å². The Labute approximate surface area is 184 Å². The number of pyridine rings is 1. The summed E-state index contributed by atoms with van der Waals surface area (Å²) in [6.07, 6.45) is 5.23. The number of fused-ring (bicyclic) bond motifs is 1. The molecule has 1 saturated heterocycles. The molecule has 0 saturated carbocycles. The number of rotatable bonds is 4. The maximum Gasteiger partial charge on any atom is 0.275 e. The summed E-state index contributed by atoms with van der Waals surface area (Å²) in [4.78, 5) is 23.8. The number of hydrogen-bond acceptors (Lipinski definition) is 7. The van der Waals surface area contributed by atoms with Crippen LogP contribution in [0.1, 0.15) is 24.3 Å². The summed E-state index contributed by atoms with van der Waals surface area (Å²) in [6.45, 7) is 7.62. The molecule has 0 bridgehead atoms. The van der Waals surface area contributed by atoms with E-state index in [1.54, 1.807) is 28.7 Å². The number of carbonyl (C=O) groups excluding carboxylic acids is 1. The molecule has 1 amide bonds. The summed E-state index contributed by atoms with van der Waals surface area (Å²) in [5.41, 5.74) is 2.99. The molecule has 0 atom stereocenters. The van der Waals surface area contributed by atoms with Gasteiger partial charge in [0, 0.05) is 43.1 Å². The lowest BCUT2D eigenvalue weighted by molar-refractivity contribution is 0.102. The third kappa shape index (κ3) is 4.42. The van der Waals surface area contributed by atoms with E-state index in [0.29, 0.717) is 16.5 Å². The number of piperazine rings is 1. The Morgan fingerprint density at radius 3 is 2.77 bits per heavy atom. The lowest BCUT2D eigenvalue weighted by Gasteiger charge is -2.30. The Kier molecular flexibility index (Phi) is 6.54. The summed E-state index contributed by atoms with van der Waals surface area (Å²) in [5.74, 6) is -0.256. The van der Waals surface area contributed by atoms with Crippen LogP contribution >= 0.6 is 11.3 Å². The molecule has 9 heteroatoms. The van der Waals surface area contributed by atoms with Crippen LogP contribution in [0.15, 0.2) is 54.3 Å². The standard InChI is InChI=1S/C20H19N7OS.C2H6/c28-19(24-15-12-22-6-5-18(15)26-9-7-21-8-10-26)16-13-29-20(25-16)27-17-4-2-1-3-14(17)11-23-27;1-2/h1-6,11-13,21H,7-10H2,(H,24,28);1-2H3. The number of aromatic nitrogens is 4. The molecule has 4 heterocycles. The first kappa shape index (κ1) is 21.0. The maximum absolute atomic E-state index is 12.8. The van der Waals surface area contributed by atoms with E-state index in [2.05, 4.69) is 30.6 Å². The molecule has 0 unspecified atom stereocenters. The molecule has 1 fully saturated rings. The van der Waals surface area contributed by atoms with E-state index in [4.69, 9.17) is 0 Å². The molecule has 0 aliphatic carbocycles. The first-order chi connectivity index (χ1) is 15.3. The second-order valence-electron chi connectivity index (χ2n) is 6.71. The quantitative estimate of drug-likeness (QED) is 0.510. The van der Waals surface area contributed by atoms with Gasteiger partial charge in [0.05, 0.1) is 29.3 Å². The molecular weight excluding hydrogens is 410 g/mol. The summed E-state index contributed by atoms with van der Waals surface area (Å²) in [6, 6.07) is 9.85. The van der Waals surface area contributed by atoms with Gasteiger partial charge in [-0.15, -0.1) is 11.3 Å². The Hall–Kier alpha value is -3.30. The molecule has 0 radical (unpaired) electrons. The van der Waals surface area contributed by atoms with Crippen molar-refractivity contribution in [3.63, 3.8) is 0 Å². The van der Waals surface area contributed by atoms with Gasteiger partial charge in [-0.3, -0.25) is 9.78 Å². The lowest BCUT2D eigenvalue weighted by atomic mass is 10.2. The first-order valence-electron chi connectivity index (χ1n) is 10.4. The fraction of sp³-hybridized carbons (Fsp3) is 0.273. The molecule has 160 valence electrons. The third-order valence-corrected chi connectivity index (χ3v) is 5.70. The average molecular weight is 436 g/mol. The fourth-order valence-electron chi connectivity index (χ4n) is 3.44. The Morgan fingerprint density at radius 1 is 1.13 bits per heavy atom. The van der Waals surface area contributed by atoms with Crippen LogP contribution in [0.25, 0.3) is 16.0 Å². The van der Waals surface area contributed by atoms with Crippen molar-refractivity contribution in [2.45, 2.75) is 13.8 Å². The van der Waals surface area contributed by atoms with Gasteiger partial charge in [0.15, 0.2) is 0 Å².